The second kappa shape index (κ2) is 9.10. The van der Waals surface area contributed by atoms with Gasteiger partial charge < -0.3 is 11.1 Å². The molecule has 1 rings (SSSR count). The van der Waals surface area contributed by atoms with Gasteiger partial charge in [-0.3, -0.25) is 4.79 Å². The fourth-order valence-electron chi connectivity index (χ4n) is 1.49. The van der Waals surface area contributed by atoms with Crippen molar-refractivity contribution in [2.45, 2.75) is 38.9 Å². The van der Waals surface area contributed by atoms with Gasteiger partial charge in [-0.15, -0.1) is 24.2 Å². The van der Waals surface area contributed by atoms with Gasteiger partial charge in [0.05, 0.1) is 5.25 Å². The first-order valence-electron chi connectivity index (χ1n) is 6.33. The maximum Gasteiger partial charge on any atom is 0.237 e. The lowest BCUT2D eigenvalue weighted by molar-refractivity contribution is -0.115. The Morgan fingerprint density at radius 2 is 2.16 bits per heavy atom. The van der Waals surface area contributed by atoms with E-state index in [1.807, 2.05) is 26.0 Å². The molecule has 5 heteroatoms. The zero-order valence-electron chi connectivity index (χ0n) is 11.7. The molecule has 1 aromatic carbocycles. The molecule has 0 bridgehead atoms. The smallest absolute Gasteiger partial charge is 0.237 e. The van der Waals surface area contributed by atoms with Crippen molar-refractivity contribution in [1.29, 1.82) is 0 Å². The summed E-state index contributed by atoms with van der Waals surface area (Å²) >= 11 is 1.70. The number of hydrogen-bond donors (Lipinski definition) is 2. The number of halogens is 1. The van der Waals surface area contributed by atoms with Crippen LogP contribution in [-0.4, -0.2) is 16.9 Å². The highest BCUT2D eigenvalue weighted by Gasteiger charge is 2.14. The van der Waals surface area contributed by atoms with Crippen LogP contribution >= 0.6 is 24.2 Å². The highest BCUT2D eigenvalue weighted by atomic mass is 35.5. The molecule has 0 aromatic heterocycles. The van der Waals surface area contributed by atoms with E-state index in [-0.39, 0.29) is 23.6 Å². The number of carbonyl (C=O) groups excluding carboxylic acids is 1. The fraction of sp³-hybridized carbons (Fsp3) is 0.500. The highest BCUT2D eigenvalue weighted by molar-refractivity contribution is 8.00. The minimum absolute atomic E-state index is 0. The Morgan fingerprint density at radius 1 is 1.47 bits per heavy atom. The van der Waals surface area contributed by atoms with E-state index in [0.717, 1.165) is 29.8 Å². The second-order valence-electron chi connectivity index (χ2n) is 4.43. The van der Waals surface area contributed by atoms with Crippen LogP contribution < -0.4 is 11.1 Å². The molecule has 0 spiro atoms. The molecular weight excluding hydrogens is 280 g/mol. The molecule has 0 saturated heterocycles. The van der Waals surface area contributed by atoms with E-state index < -0.39 is 0 Å². The zero-order chi connectivity index (χ0) is 13.5. The number of nitrogens with two attached hydrogens (primary N) is 1. The van der Waals surface area contributed by atoms with Gasteiger partial charge in [0, 0.05) is 11.4 Å². The average molecular weight is 303 g/mol. The predicted molar refractivity (Wildman–Crippen MR) is 88.3 cm³/mol. The van der Waals surface area contributed by atoms with Gasteiger partial charge in [0.1, 0.15) is 0 Å². The van der Waals surface area contributed by atoms with E-state index in [0.29, 0.717) is 5.69 Å². The monoisotopic (exact) mass is 302 g/mol. The molecule has 108 valence electrons. The molecule has 3 N–H and O–H groups in total. The molecule has 0 heterocycles. The van der Waals surface area contributed by atoms with Gasteiger partial charge in [0.25, 0.3) is 0 Å². The van der Waals surface area contributed by atoms with Crippen molar-refractivity contribution in [1.82, 2.24) is 0 Å². The third kappa shape index (κ3) is 6.21. The van der Waals surface area contributed by atoms with Crippen molar-refractivity contribution in [2.75, 3.05) is 16.8 Å². The molecule has 0 saturated carbocycles. The fourth-order valence-corrected chi connectivity index (χ4v) is 2.51. The first kappa shape index (κ1) is 18.1. The number of anilines is 2. The van der Waals surface area contributed by atoms with Crippen molar-refractivity contribution in [3.63, 3.8) is 0 Å². The van der Waals surface area contributed by atoms with Crippen LogP contribution in [0.25, 0.3) is 0 Å². The summed E-state index contributed by atoms with van der Waals surface area (Å²) in [7, 11) is 0. The van der Waals surface area contributed by atoms with Crippen LogP contribution in [0.5, 0.6) is 0 Å². The minimum atomic E-state index is -0.0302. The molecule has 0 aliphatic carbocycles. The number of amides is 1. The van der Waals surface area contributed by atoms with E-state index in [1.54, 1.807) is 17.8 Å². The van der Waals surface area contributed by atoms with Gasteiger partial charge in [-0.05, 0) is 43.7 Å². The molecule has 0 aliphatic rings. The second-order valence-corrected chi connectivity index (χ2v) is 5.88. The standard InChI is InChI=1S/C14H22N2OS.ClH/c1-4-5-8-18-11(3)14(17)16-13-9-12(15)7-6-10(13)2;/h6-7,9,11H,4-5,8,15H2,1-3H3,(H,16,17);1H. The number of thioether (sulfide) groups is 1. The summed E-state index contributed by atoms with van der Waals surface area (Å²) in [6.07, 6.45) is 2.31. The minimum Gasteiger partial charge on any atom is -0.399 e. The van der Waals surface area contributed by atoms with Gasteiger partial charge in [-0.25, -0.2) is 0 Å². The Hall–Kier alpha value is -0.870. The van der Waals surface area contributed by atoms with Gasteiger partial charge in [-0.1, -0.05) is 19.4 Å². The molecule has 1 amide bonds. The largest absolute Gasteiger partial charge is 0.399 e. The van der Waals surface area contributed by atoms with E-state index in [9.17, 15) is 4.79 Å². The lowest BCUT2D eigenvalue weighted by atomic mass is 10.2. The van der Waals surface area contributed by atoms with Crippen LogP contribution in [0, 0.1) is 6.92 Å². The number of nitrogen functional groups attached to an aromatic ring is 1. The van der Waals surface area contributed by atoms with Crippen LogP contribution in [-0.2, 0) is 4.79 Å². The number of unbranched alkanes of at least 4 members (excludes halogenated alkanes) is 1. The third-order valence-electron chi connectivity index (χ3n) is 2.75. The number of carbonyl (C=O) groups is 1. The molecule has 0 radical (unpaired) electrons. The summed E-state index contributed by atoms with van der Waals surface area (Å²) in [6.45, 7) is 6.06. The quantitative estimate of drug-likeness (QED) is 0.620. The first-order valence-corrected chi connectivity index (χ1v) is 7.38. The molecule has 1 aromatic rings. The number of rotatable bonds is 6. The number of nitrogens with one attached hydrogen (secondary N) is 1. The lowest BCUT2D eigenvalue weighted by Gasteiger charge is -2.13. The van der Waals surface area contributed by atoms with Gasteiger partial charge >= 0.3 is 0 Å². The summed E-state index contributed by atoms with van der Waals surface area (Å²) in [4.78, 5) is 12.0. The van der Waals surface area contributed by atoms with Gasteiger partial charge in [0.2, 0.25) is 5.91 Å². The molecule has 19 heavy (non-hydrogen) atoms. The average Bonchev–Trinajstić information content (AvgIpc) is 2.34. The third-order valence-corrected chi connectivity index (χ3v) is 3.99. The number of aryl methyl sites for hydroxylation is 1. The van der Waals surface area contributed by atoms with E-state index in [2.05, 4.69) is 12.2 Å². The van der Waals surface area contributed by atoms with Crippen molar-refractivity contribution < 1.29 is 4.79 Å². The maximum absolute atomic E-state index is 12.0. The summed E-state index contributed by atoms with van der Waals surface area (Å²) in [6, 6.07) is 5.56. The SMILES string of the molecule is CCCCSC(C)C(=O)Nc1cc(N)ccc1C.Cl. The summed E-state index contributed by atoms with van der Waals surface area (Å²) in [5, 5.41) is 2.91. The Bertz CT molecular complexity index is 412. The Balaban J connectivity index is 0.00000324. The Labute approximate surface area is 126 Å². The van der Waals surface area contributed by atoms with Crippen molar-refractivity contribution >= 4 is 41.5 Å². The van der Waals surface area contributed by atoms with E-state index in [1.165, 1.54) is 0 Å². The predicted octanol–water partition coefficient (Wildman–Crippen LogP) is 3.86. The van der Waals surface area contributed by atoms with Crippen molar-refractivity contribution in [3.8, 4) is 0 Å². The summed E-state index contributed by atoms with van der Waals surface area (Å²) in [5.74, 6) is 1.07. The number of hydrogen-bond acceptors (Lipinski definition) is 3. The topological polar surface area (TPSA) is 55.1 Å². The Morgan fingerprint density at radius 3 is 2.79 bits per heavy atom. The van der Waals surface area contributed by atoms with Crippen LogP contribution in [0.15, 0.2) is 18.2 Å². The highest BCUT2D eigenvalue weighted by Crippen LogP contribution is 2.20. The van der Waals surface area contributed by atoms with Crippen LogP contribution in [0.4, 0.5) is 11.4 Å². The molecular formula is C14H23ClN2OS. The van der Waals surface area contributed by atoms with E-state index in [4.69, 9.17) is 5.73 Å². The zero-order valence-corrected chi connectivity index (χ0v) is 13.4. The maximum atomic E-state index is 12.0. The van der Waals surface area contributed by atoms with Crippen molar-refractivity contribution in [2.24, 2.45) is 0 Å². The molecule has 0 aliphatic heterocycles. The summed E-state index contributed by atoms with van der Waals surface area (Å²) < 4.78 is 0. The number of benzene rings is 1. The molecule has 3 nitrogen and oxygen atoms in total. The first-order chi connectivity index (χ1) is 8.54. The van der Waals surface area contributed by atoms with E-state index >= 15 is 0 Å². The summed E-state index contributed by atoms with van der Waals surface area (Å²) in [5.41, 5.74) is 8.23. The molecule has 0 fully saturated rings. The lowest BCUT2D eigenvalue weighted by Crippen LogP contribution is -2.23. The molecule has 1 atom stereocenters. The van der Waals surface area contributed by atoms with Gasteiger partial charge in [-0.2, -0.15) is 0 Å². The Kier molecular flexibility index (Phi) is 8.68. The van der Waals surface area contributed by atoms with Crippen LogP contribution in [0.1, 0.15) is 32.3 Å². The van der Waals surface area contributed by atoms with Crippen LogP contribution in [0.2, 0.25) is 0 Å². The van der Waals surface area contributed by atoms with Crippen LogP contribution in [0.3, 0.4) is 0 Å². The normalized spacial score (nSPS) is 11.5. The molecule has 1 unspecified atom stereocenters. The van der Waals surface area contributed by atoms with Gasteiger partial charge in [0.15, 0.2) is 0 Å². The van der Waals surface area contributed by atoms with Crippen molar-refractivity contribution in [3.05, 3.63) is 23.8 Å².